The first-order valence-electron chi connectivity index (χ1n) is 4.40. The van der Waals surface area contributed by atoms with Crippen LogP contribution in [-0.4, -0.2) is 31.8 Å². The molecule has 7 heteroatoms. The second kappa shape index (κ2) is 4.85. The fraction of sp³-hybridized carbons (Fsp3) is 0.714. The third-order valence-corrected chi connectivity index (χ3v) is 1.75. The van der Waals surface area contributed by atoms with Gasteiger partial charge in [-0.15, -0.1) is 10.2 Å². The van der Waals surface area contributed by atoms with Gasteiger partial charge in [-0.1, -0.05) is 5.21 Å². The van der Waals surface area contributed by atoms with Crippen molar-refractivity contribution in [2.24, 2.45) is 0 Å². The SMILES string of the molecule is CC(C)NC(=S)NC(C)c1nn[nH]n1. The second-order valence-electron chi connectivity index (χ2n) is 3.26. The van der Waals surface area contributed by atoms with Crippen LogP contribution < -0.4 is 10.6 Å². The second-order valence-corrected chi connectivity index (χ2v) is 3.67. The third-order valence-electron chi connectivity index (χ3n) is 1.52. The van der Waals surface area contributed by atoms with Gasteiger partial charge in [-0.2, -0.15) is 5.21 Å². The predicted molar refractivity (Wildman–Crippen MR) is 56.6 cm³/mol. The lowest BCUT2D eigenvalue weighted by Crippen LogP contribution is -2.40. The van der Waals surface area contributed by atoms with Crippen LogP contribution in [0.1, 0.15) is 32.6 Å². The first kappa shape index (κ1) is 10.8. The van der Waals surface area contributed by atoms with Gasteiger partial charge in [-0.3, -0.25) is 0 Å². The zero-order valence-electron chi connectivity index (χ0n) is 8.40. The Kier molecular flexibility index (Phi) is 3.75. The number of nitrogens with zero attached hydrogens (tertiary/aromatic N) is 3. The van der Waals surface area contributed by atoms with Gasteiger partial charge < -0.3 is 10.6 Å². The Balaban J connectivity index is 2.41. The highest BCUT2D eigenvalue weighted by atomic mass is 32.1. The number of nitrogens with one attached hydrogen (secondary N) is 3. The largest absolute Gasteiger partial charge is 0.361 e. The van der Waals surface area contributed by atoms with Crippen LogP contribution in [-0.2, 0) is 0 Å². The quantitative estimate of drug-likeness (QED) is 0.621. The fourth-order valence-electron chi connectivity index (χ4n) is 0.918. The third kappa shape index (κ3) is 3.25. The van der Waals surface area contributed by atoms with Gasteiger partial charge in [0.05, 0.1) is 6.04 Å². The maximum atomic E-state index is 5.07. The first-order chi connectivity index (χ1) is 6.59. The summed E-state index contributed by atoms with van der Waals surface area (Å²) in [6.07, 6.45) is 0. The van der Waals surface area contributed by atoms with E-state index in [1.54, 1.807) is 0 Å². The van der Waals surface area contributed by atoms with E-state index in [1.807, 2.05) is 20.8 Å². The molecule has 3 N–H and O–H groups in total. The van der Waals surface area contributed by atoms with Crippen molar-refractivity contribution in [2.45, 2.75) is 32.9 Å². The number of tetrazole rings is 1. The molecule has 0 fully saturated rings. The fourth-order valence-corrected chi connectivity index (χ4v) is 1.33. The van der Waals surface area contributed by atoms with Crippen molar-refractivity contribution >= 4 is 17.3 Å². The molecular formula is C7H14N6S. The van der Waals surface area contributed by atoms with E-state index in [2.05, 4.69) is 31.3 Å². The van der Waals surface area contributed by atoms with Gasteiger partial charge in [-0.05, 0) is 33.0 Å². The molecule has 0 aliphatic carbocycles. The molecule has 1 aromatic heterocycles. The number of rotatable bonds is 3. The number of H-pyrrole nitrogens is 1. The monoisotopic (exact) mass is 214 g/mol. The van der Waals surface area contributed by atoms with Crippen molar-refractivity contribution < 1.29 is 0 Å². The van der Waals surface area contributed by atoms with Crippen molar-refractivity contribution in [1.29, 1.82) is 0 Å². The zero-order valence-corrected chi connectivity index (χ0v) is 9.22. The molecule has 0 radical (unpaired) electrons. The van der Waals surface area contributed by atoms with Gasteiger partial charge in [0.2, 0.25) is 0 Å². The van der Waals surface area contributed by atoms with Crippen LogP contribution in [0.2, 0.25) is 0 Å². The summed E-state index contributed by atoms with van der Waals surface area (Å²) < 4.78 is 0. The standard InChI is InChI=1S/C7H14N6S/c1-4(2)8-7(14)9-5(3)6-10-12-13-11-6/h4-5H,1-3H3,(H2,8,9,14)(H,10,11,12,13). The van der Waals surface area contributed by atoms with E-state index in [4.69, 9.17) is 12.2 Å². The van der Waals surface area contributed by atoms with Crippen molar-refractivity contribution in [2.75, 3.05) is 0 Å². The summed E-state index contributed by atoms with van der Waals surface area (Å²) in [4.78, 5) is 0. The van der Waals surface area contributed by atoms with E-state index < -0.39 is 0 Å². The van der Waals surface area contributed by atoms with Crippen LogP contribution in [0.5, 0.6) is 0 Å². The Hall–Kier alpha value is -1.24. The van der Waals surface area contributed by atoms with E-state index in [0.29, 0.717) is 17.0 Å². The lowest BCUT2D eigenvalue weighted by Gasteiger charge is -2.15. The Morgan fingerprint density at radius 3 is 2.57 bits per heavy atom. The number of hydrogen-bond donors (Lipinski definition) is 3. The Labute approximate surface area is 87.9 Å². The van der Waals surface area contributed by atoms with Crippen LogP contribution in [0.3, 0.4) is 0 Å². The molecule has 6 nitrogen and oxygen atoms in total. The normalized spacial score (nSPS) is 12.6. The van der Waals surface area contributed by atoms with Crippen molar-refractivity contribution in [3.63, 3.8) is 0 Å². The summed E-state index contributed by atoms with van der Waals surface area (Å²) in [6, 6.07) is 0.264. The zero-order chi connectivity index (χ0) is 10.6. The van der Waals surface area contributed by atoms with Crippen LogP contribution >= 0.6 is 12.2 Å². The summed E-state index contributed by atoms with van der Waals surface area (Å²) in [5, 5.41) is 20.3. The molecule has 1 aromatic rings. The highest BCUT2D eigenvalue weighted by Gasteiger charge is 2.11. The molecule has 1 atom stereocenters. The van der Waals surface area contributed by atoms with Crippen LogP contribution in [0.25, 0.3) is 0 Å². The summed E-state index contributed by atoms with van der Waals surface area (Å²) in [7, 11) is 0. The van der Waals surface area contributed by atoms with Crippen LogP contribution in [0, 0.1) is 0 Å². The van der Waals surface area contributed by atoms with Gasteiger partial charge in [0.25, 0.3) is 0 Å². The minimum atomic E-state index is -0.0486. The Bertz CT molecular complexity index is 282. The summed E-state index contributed by atoms with van der Waals surface area (Å²) >= 11 is 5.07. The maximum absolute atomic E-state index is 5.07. The topological polar surface area (TPSA) is 78.5 Å². The molecule has 0 saturated heterocycles. The molecule has 1 unspecified atom stereocenters. The molecule has 0 amide bonds. The van der Waals surface area contributed by atoms with Gasteiger partial charge in [-0.25, -0.2) is 0 Å². The maximum Gasteiger partial charge on any atom is 0.196 e. The first-order valence-corrected chi connectivity index (χ1v) is 4.80. The molecule has 78 valence electrons. The molecule has 1 heterocycles. The Morgan fingerprint density at radius 1 is 1.36 bits per heavy atom. The van der Waals surface area contributed by atoms with E-state index in [0.717, 1.165) is 0 Å². The Morgan fingerprint density at radius 2 is 2.07 bits per heavy atom. The number of hydrogen-bond acceptors (Lipinski definition) is 4. The van der Waals surface area contributed by atoms with Gasteiger partial charge in [0.1, 0.15) is 0 Å². The van der Waals surface area contributed by atoms with E-state index >= 15 is 0 Å². The average molecular weight is 214 g/mol. The highest BCUT2D eigenvalue weighted by Crippen LogP contribution is 2.02. The van der Waals surface area contributed by atoms with Gasteiger partial charge >= 0.3 is 0 Å². The lowest BCUT2D eigenvalue weighted by atomic mass is 10.3. The van der Waals surface area contributed by atoms with Crippen LogP contribution in [0.4, 0.5) is 0 Å². The van der Waals surface area contributed by atoms with Crippen LogP contribution in [0.15, 0.2) is 0 Å². The average Bonchev–Trinajstić information content (AvgIpc) is 2.53. The lowest BCUT2D eigenvalue weighted by molar-refractivity contribution is 0.634. The van der Waals surface area contributed by atoms with E-state index in [9.17, 15) is 0 Å². The molecular weight excluding hydrogens is 200 g/mol. The molecule has 14 heavy (non-hydrogen) atoms. The minimum absolute atomic E-state index is 0.0486. The van der Waals surface area contributed by atoms with Crippen molar-refractivity contribution in [3.05, 3.63) is 5.82 Å². The number of aromatic nitrogens is 4. The van der Waals surface area contributed by atoms with E-state index in [1.165, 1.54) is 0 Å². The van der Waals surface area contributed by atoms with Gasteiger partial charge in [0, 0.05) is 6.04 Å². The minimum Gasteiger partial charge on any atom is -0.361 e. The predicted octanol–water partition coefficient (Wildman–Crippen LogP) is 0.133. The smallest absolute Gasteiger partial charge is 0.196 e. The summed E-state index contributed by atoms with van der Waals surface area (Å²) in [6.45, 7) is 5.96. The van der Waals surface area contributed by atoms with Crippen molar-refractivity contribution in [1.82, 2.24) is 31.3 Å². The molecule has 0 aliphatic rings. The molecule has 1 rings (SSSR count). The number of thiocarbonyl (C=S) groups is 1. The summed E-state index contributed by atoms with van der Waals surface area (Å²) in [5.41, 5.74) is 0. The molecule has 0 spiro atoms. The van der Waals surface area contributed by atoms with Crippen molar-refractivity contribution in [3.8, 4) is 0 Å². The van der Waals surface area contributed by atoms with E-state index in [-0.39, 0.29) is 6.04 Å². The molecule has 0 bridgehead atoms. The summed E-state index contributed by atoms with van der Waals surface area (Å²) in [5.74, 6) is 0.595. The molecule has 0 aromatic carbocycles. The highest BCUT2D eigenvalue weighted by molar-refractivity contribution is 7.80. The van der Waals surface area contributed by atoms with Gasteiger partial charge in [0.15, 0.2) is 10.9 Å². The molecule has 0 saturated carbocycles. The number of aromatic amines is 1. The molecule has 0 aliphatic heterocycles.